The molecule has 1 atom stereocenters. The van der Waals surface area contributed by atoms with Crippen molar-refractivity contribution in [3.05, 3.63) is 122 Å². The van der Waals surface area contributed by atoms with Crippen molar-refractivity contribution < 1.29 is 24.2 Å². The van der Waals surface area contributed by atoms with Crippen LogP contribution in [0.2, 0.25) is 0 Å². The number of carbonyl (C=O) groups excluding carboxylic acids is 2. The molecule has 0 aromatic heterocycles. The van der Waals surface area contributed by atoms with E-state index in [9.17, 15) is 14.7 Å². The number of carbonyl (C=O) groups is 2. The number of unbranched alkanes of at least 4 members (excludes halogenated alkanes) is 21. The number of allylic oxidation sites excluding steroid dienone is 20. The van der Waals surface area contributed by atoms with Crippen LogP contribution in [0.4, 0.5) is 0 Å². The zero-order valence-electron chi connectivity index (χ0n) is 43.4. The SMILES string of the molecule is CC/C=C\C/C=C\C/C=C\C/C=C\C/C=C\C/C=C\C/C=C\C/C=C\CCCCCCCCCCCCC(=O)OC(CO)COC(=O)CCCCCCCCC/C=C\C/C=C\CCCCCC. The van der Waals surface area contributed by atoms with Crippen LogP contribution in [0.15, 0.2) is 122 Å². The Balaban J connectivity index is 3.58. The van der Waals surface area contributed by atoms with Crippen molar-refractivity contribution >= 4 is 11.9 Å². The summed E-state index contributed by atoms with van der Waals surface area (Å²) in [5.74, 6) is -0.609. The monoisotopic (exact) mass is 927 g/mol. The molecule has 0 aliphatic carbocycles. The first kappa shape index (κ1) is 63.3. The van der Waals surface area contributed by atoms with E-state index in [-0.39, 0.29) is 25.2 Å². The Bertz CT molecular complexity index is 1370. The van der Waals surface area contributed by atoms with E-state index in [2.05, 4.69) is 135 Å². The number of ether oxygens (including phenoxy) is 2. The Hall–Kier alpha value is -3.70. The van der Waals surface area contributed by atoms with Gasteiger partial charge >= 0.3 is 11.9 Å². The third-order valence-electron chi connectivity index (χ3n) is 11.5. The molecular formula is C62H102O5. The summed E-state index contributed by atoms with van der Waals surface area (Å²) >= 11 is 0. The van der Waals surface area contributed by atoms with E-state index in [0.29, 0.717) is 12.8 Å². The number of aliphatic hydroxyl groups excluding tert-OH is 1. The molecule has 5 heteroatoms. The third-order valence-corrected chi connectivity index (χ3v) is 11.5. The van der Waals surface area contributed by atoms with Crippen LogP contribution in [0.1, 0.15) is 239 Å². The van der Waals surface area contributed by atoms with Gasteiger partial charge in [0.05, 0.1) is 6.61 Å². The first-order chi connectivity index (χ1) is 33.1. The third kappa shape index (κ3) is 54.8. The van der Waals surface area contributed by atoms with Crippen molar-refractivity contribution in [1.29, 1.82) is 0 Å². The molecule has 0 bridgehead atoms. The fraction of sp³-hybridized carbons (Fsp3) is 0.645. The van der Waals surface area contributed by atoms with Crippen molar-refractivity contribution in [3.8, 4) is 0 Å². The maximum absolute atomic E-state index is 12.3. The van der Waals surface area contributed by atoms with Gasteiger partial charge in [0.25, 0.3) is 0 Å². The highest BCUT2D eigenvalue weighted by Crippen LogP contribution is 2.14. The molecule has 5 nitrogen and oxygen atoms in total. The normalized spacial score (nSPS) is 13.2. The first-order valence-electron chi connectivity index (χ1n) is 27.6. The summed E-state index contributed by atoms with van der Waals surface area (Å²) in [6.45, 7) is 4.00. The topological polar surface area (TPSA) is 72.8 Å². The minimum absolute atomic E-state index is 0.0774. The predicted octanol–water partition coefficient (Wildman–Crippen LogP) is 18.7. The predicted molar refractivity (Wildman–Crippen MR) is 292 cm³/mol. The molecule has 380 valence electrons. The van der Waals surface area contributed by atoms with Crippen LogP contribution >= 0.6 is 0 Å². The highest BCUT2D eigenvalue weighted by Gasteiger charge is 2.16. The van der Waals surface area contributed by atoms with Gasteiger partial charge in [-0.05, 0) is 109 Å². The van der Waals surface area contributed by atoms with Crippen LogP contribution in [-0.4, -0.2) is 36.4 Å². The Morgan fingerprint density at radius 1 is 0.358 bits per heavy atom. The summed E-state index contributed by atoms with van der Waals surface area (Å²) in [5, 5.41) is 9.64. The van der Waals surface area contributed by atoms with E-state index >= 15 is 0 Å². The lowest BCUT2D eigenvalue weighted by Gasteiger charge is -2.15. The van der Waals surface area contributed by atoms with Gasteiger partial charge in [0.15, 0.2) is 6.10 Å². The van der Waals surface area contributed by atoms with Crippen LogP contribution < -0.4 is 0 Å². The van der Waals surface area contributed by atoms with Gasteiger partial charge in [-0.25, -0.2) is 0 Å². The number of hydrogen-bond acceptors (Lipinski definition) is 5. The highest BCUT2D eigenvalue weighted by atomic mass is 16.6. The van der Waals surface area contributed by atoms with E-state index in [1.807, 2.05) is 0 Å². The van der Waals surface area contributed by atoms with E-state index in [4.69, 9.17) is 9.47 Å². The Kier molecular flexibility index (Phi) is 53.5. The van der Waals surface area contributed by atoms with E-state index < -0.39 is 6.10 Å². The summed E-state index contributed by atoms with van der Waals surface area (Å²) in [7, 11) is 0. The molecule has 0 amide bonds. The standard InChI is InChI=1S/C62H102O5/c1-3-5-7-9-11-13-15-17-19-21-23-24-25-26-27-28-29-30-31-32-33-34-35-36-37-38-39-41-43-45-47-49-51-53-55-57-62(65)67-60(58-63)59-66-61(64)56-54-52-50-48-46-44-42-40-22-20-18-16-14-12-10-8-6-4-2/h5,7,11,13-14,16-17,19-20,22-24,26-27,29-30,32-33,35-36,60,63H,3-4,6,8-10,12,15,18,21,25,28,31,34,37-59H2,1-2H3/b7-5-,13-11-,16-14-,19-17-,22-20-,24-23-,27-26-,30-29-,33-32-,36-35-. The Morgan fingerprint density at radius 2 is 0.642 bits per heavy atom. The zero-order chi connectivity index (χ0) is 48.5. The lowest BCUT2D eigenvalue weighted by molar-refractivity contribution is -0.161. The second-order valence-electron chi connectivity index (χ2n) is 17.9. The molecule has 0 aliphatic rings. The number of rotatable bonds is 49. The highest BCUT2D eigenvalue weighted by molar-refractivity contribution is 5.70. The van der Waals surface area contributed by atoms with Gasteiger partial charge in [-0.1, -0.05) is 238 Å². The molecule has 0 heterocycles. The van der Waals surface area contributed by atoms with Gasteiger partial charge in [-0.2, -0.15) is 0 Å². The van der Waals surface area contributed by atoms with Crippen molar-refractivity contribution in [2.75, 3.05) is 13.2 Å². The number of esters is 2. The smallest absolute Gasteiger partial charge is 0.306 e. The molecule has 0 rings (SSSR count). The van der Waals surface area contributed by atoms with Gasteiger partial charge in [0.2, 0.25) is 0 Å². The molecule has 1 N–H and O–H groups in total. The average Bonchev–Trinajstić information content (AvgIpc) is 3.33. The molecule has 0 aromatic carbocycles. The lowest BCUT2D eigenvalue weighted by atomic mass is 10.0. The number of aliphatic hydroxyl groups is 1. The van der Waals surface area contributed by atoms with E-state index in [0.717, 1.165) is 103 Å². The van der Waals surface area contributed by atoms with Crippen LogP contribution in [0.3, 0.4) is 0 Å². The minimum atomic E-state index is -0.786. The quantitative estimate of drug-likeness (QED) is 0.0374. The number of hydrogen-bond donors (Lipinski definition) is 1. The molecule has 1 unspecified atom stereocenters. The van der Waals surface area contributed by atoms with Crippen LogP contribution in [0.5, 0.6) is 0 Å². The molecule has 0 radical (unpaired) electrons. The largest absolute Gasteiger partial charge is 0.462 e. The van der Waals surface area contributed by atoms with Crippen molar-refractivity contribution in [1.82, 2.24) is 0 Å². The second-order valence-corrected chi connectivity index (χ2v) is 17.9. The molecule has 0 fully saturated rings. The fourth-order valence-electron chi connectivity index (χ4n) is 7.37. The molecule has 67 heavy (non-hydrogen) atoms. The molecule has 0 saturated heterocycles. The summed E-state index contributed by atoms with van der Waals surface area (Å²) in [6, 6.07) is 0. The Morgan fingerprint density at radius 3 is 0.970 bits per heavy atom. The van der Waals surface area contributed by atoms with Crippen LogP contribution in [0, 0.1) is 0 Å². The van der Waals surface area contributed by atoms with E-state index in [1.54, 1.807) is 0 Å². The van der Waals surface area contributed by atoms with Crippen LogP contribution in [0.25, 0.3) is 0 Å². The lowest BCUT2D eigenvalue weighted by Crippen LogP contribution is -2.28. The molecule has 0 spiro atoms. The van der Waals surface area contributed by atoms with Gasteiger partial charge in [0.1, 0.15) is 6.61 Å². The first-order valence-corrected chi connectivity index (χ1v) is 27.6. The Labute approximate surface area is 413 Å². The molecular weight excluding hydrogens is 825 g/mol. The molecule has 0 aliphatic heterocycles. The van der Waals surface area contributed by atoms with Gasteiger partial charge in [-0.3, -0.25) is 9.59 Å². The van der Waals surface area contributed by atoms with Crippen molar-refractivity contribution in [2.24, 2.45) is 0 Å². The van der Waals surface area contributed by atoms with Crippen molar-refractivity contribution in [2.45, 2.75) is 245 Å². The summed E-state index contributed by atoms with van der Waals surface area (Å²) in [4.78, 5) is 24.5. The maximum Gasteiger partial charge on any atom is 0.306 e. The van der Waals surface area contributed by atoms with Gasteiger partial charge in [0, 0.05) is 12.8 Å². The summed E-state index contributed by atoms with van der Waals surface area (Å²) < 4.78 is 10.7. The minimum Gasteiger partial charge on any atom is -0.462 e. The van der Waals surface area contributed by atoms with Gasteiger partial charge < -0.3 is 14.6 Å². The molecule has 0 aromatic rings. The average molecular weight is 927 g/mol. The second kappa shape index (κ2) is 56.6. The van der Waals surface area contributed by atoms with Gasteiger partial charge in [-0.15, -0.1) is 0 Å². The zero-order valence-corrected chi connectivity index (χ0v) is 43.4. The summed E-state index contributed by atoms with van der Waals surface area (Å²) in [5.41, 5.74) is 0. The van der Waals surface area contributed by atoms with Crippen LogP contribution in [-0.2, 0) is 19.1 Å². The van der Waals surface area contributed by atoms with Crippen molar-refractivity contribution in [3.63, 3.8) is 0 Å². The fourth-order valence-corrected chi connectivity index (χ4v) is 7.37. The maximum atomic E-state index is 12.3. The summed E-state index contributed by atoms with van der Waals surface area (Å²) in [6.07, 6.45) is 83.0. The van der Waals surface area contributed by atoms with E-state index in [1.165, 1.54) is 109 Å². The molecule has 0 saturated carbocycles.